The molecule has 0 fully saturated rings. The minimum absolute atomic E-state index is 0.157. The summed E-state index contributed by atoms with van der Waals surface area (Å²) in [5, 5.41) is 22.2. The molecule has 1 aliphatic rings. The summed E-state index contributed by atoms with van der Waals surface area (Å²) in [6.45, 7) is 2.03. The molecule has 0 saturated carbocycles. The predicted octanol–water partition coefficient (Wildman–Crippen LogP) is 2.60. The molecule has 0 aliphatic carbocycles. The van der Waals surface area contributed by atoms with Gasteiger partial charge in [-0.05, 0) is 66.6 Å². The summed E-state index contributed by atoms with van der Waals surface area (Å²) in [6, 6.07) is 16.5. The molecule has 37 heavy (non-hydrogen) atoms. The smallest absolute Gasteiger partial charge is 0.249 e. The number of aromatic nitrogens is 4. The molecule has 3 N–H and O–H groups in total. The van der Waals surface area contributed by atoms with Gasteiger partial charge in [-0.15, -0.1) is 10.2 Å². The molecule has 3 aromatic carbocycles. The first-order chi connectivity index (χ1) is 18.0. The SMILES string of the molecule is CNC(C)C(=O)NC1CCc2ccccc2N(Cc2c(OC)ccc3c(-c4nn[nH]n4)cccc23)C1=O. The third-order valence-electron chi connectivity index (χ3n) is 6.94. The second-order valence-electron chi connectivity index (χ2n) is 9.05. The summed E-state index contributed by atoms with van der Waals surface area (Å²) in [7, 11) is 3.34. The second kappa shape index (κ2) is 10.4. The summed E-state index contributed by atoms with van der Waals surface area (Å²) < 4.78 is 5.75. The Labute approximate surface area is 214 Å². The van der Waals surface area contributed by atoms with E-state index in [1.54, 1.807) is 26.0 Å². The molecule has 5 rings (SSSR count). The molecule has 2 heterocycles. The molecule has 2 unspecified atom stereocenters. The fourth-order valence-electron chi connectivity index (χ4n) is 4.82. The van der Waals surface area contributed by atoms with Crippen molar-refractivity contribution in [1.29, 1.82) is 0 Å². The number of likely N-dealkylation sites (N-methyl/N-ethyl adjacent to an activating group) is 1. The van der Waals surface area contributed by atoms with E-state index >= 15 is 0 Å². The van der Waals surface area contributed by atoms with E-state index in [1.165, 1.54) is 0 Å². The molecular weight excluding hydrogens is 470 g/mol. The Kier molecular flexibility index (Phi) is 6.82. The van der Waals surface area contributed by atoms with Crippen molar-refractivity contribution in [2.24, 2.45) is 0 Å². The topological polar surface area (TPSA) is 125 Å². The van der Waals surface area contributed by atoms with Crippen molar-refractivity contribution < 1.29 is 14.3 Å². The van der Waals surface area contributed by atoms with E-state index in [0.717, 1.165) is 33.2 Å². The van der Waals surface area contributed by atoms with Crippen molar-refractivity contribution >= 4 is 28.3 Å². The van der Waals surface area contributed by atoms with Gasteiger partial charge >= 0.3 is 0 Å². The number of anilines is 1. The lowest BCUT2D eigenvalue weighted by Gasteiger charge is -2.28. The molecule has 2 amide bonds. The number of fused-ring (bicyclic) bond motifs is 2. The number of hydrogen-bond acceptors (Lipinski definition) is 7. The van der Waals surface area contributed by atoms with Gasteiger partial charge in [-0.2, -0.15) is 5.21 Å². The summed E-state index contributed by atoms with van der Waals surface area (Å²) in [5.74, 6) is 0.783. The lowest BCUT2D eigenvalue weighted by molar-refractivity contribution is -0.128. The molecule has 0 saturated heterocycles. The van der Waals surface area contributed by atoms with Crippen LogP contribution in [0.2, 0.25) is 0 Å². The number of nitrogens with zero attached hydrogens (tertiary/aromatic N) is 4. The molecule has 1 aliphatic heterocycles. The molecule has 0 spiro atoms. The van der Waals surface area contributed by atoms with Crippen molar-refractivity contribution in [2.45, 2.75) is 38.4 Å². The van der Waals surface area contributed by atoms with Crippen LogP contribution in [0, 0.1) is 0 Å². The molecule has 190 valence electrons. The van der Waals surface area contributed by atoms with Crippen LogP contribution in [0.1, 0.15) is 24.5 Å². The van der Waals surface area contributed by atoms with Crippen LogP contribution in [0.25, 0.3) is 22.2 Å². The van der Waals surface area contributed by atoms with Crippen LogP contribution in [-0.2, 0) is 22.6 Å². The Bertz CT molecular complexity index is 1440. The first kappa shape index (κ1) is 24.4. The first-order valence-electron chi connectivity index (χ1n) is 12.2. The Balaban J connectivity index is 1.60. The normalized spacial score (nSPS) is 16.2. The number of amides is 2. The van der Waals surface area contributed by atoms with Crippen molar-refractivity contribution in [2.75, 3.05) is 19.1 Å². The predicted molar refractivity (Wildman–Crippen MR) is 140 cm³/mol. The minimum Gasteiger partial charge on any atom is -0.496 e. The van der Waals surface area contributed by atoms with Crippen LogP contribution in [0.15, 0.2) is 54.6 Å². The summed E-state index contributed by atoms with van der Waals surface area (Å²) in [4.78, 5) is 28.4. The largest absolute Gasteiger partial charge is 0.496 e. The molecule has 10 heteroatoms. The number of para-hydroxylation sites is 1. The van der Waals surface area contributed by atoms with Gasteiger partial charge in [0.2, 0.25) is 17.6 Å². The number of ether oxygens (including phenoxy) is 1. The Morgan fingerprint density at radius 2 is 2.00 bits per heavy atom. The highest BCUT2D eigenvalue weighted by atomic mass is 16.5. The average Bonchev–Trinajstić information content (AvgIpc) is 3.43. The van der Waals surface area contributed by atoms with Crippen LogP contribution >= 0.6 is 0 Å². The summed E-state index contributed by atoms with van der Waals surface area (Å²) in [5.41, 5.74) is 3.56. The van der Waals surface area contributed by atoms with Crippen LogP contribution in [-0.4, -0.2) is 58.7 Å². The van der Waals surface area contributed by atoms with E-state index in [1.807, 2.05) is 54.6 Å². The van der Waals surface area contributed by atoms with Gasteiger partial charge in [0.15, 0.2) is 0 Å². The summed E-state index contributed by atoms with van der Waals surface area (Å²) >= 11 is 0. The van der Waals surface area contributed by atoms with Gasteiger partial charge in [0.05, 0.1) is 19.7 Å². The maximum Gasteiger partial charge on any atom is 0.249 e. The van der Waals surface area contributed by atoms with Gasteiger partial charge in [0, 0.05) is 16.8 Å². The van der Waals surface area contributed by atoms with Crippen molar-refractivity contribution in [3.63, 3.8) is 0 Å². The average molecular weight is 500 g/mol. The fraction of sp³-hybridized carbons (Fsp3) is 0.296. The number of methoxy groups -OCH3 is 1. The van der Waals surface area contributed by atoms with E-state index in [2.05, 4.69) is 31.3 Å². The number of nitrogens with one attached hydrogen (secondary N) is 3. The first-order valence-corrected chi connectivity index (χ1v) is 12.2. The minimum atomic E-state index is -0.647. The van der Waals surface area contributed by atoms with Crippen LogP contribution < -0.4 is 20.3 Å². The van der Waals surface area contributed by atoms with Gasteiger partial charge in [-0.1, -0.05) is 36.4 Å². The lowest BCUT2D eigenvalue weighted by Crippen LogP contribution is -2.52. The number of carbonyl (C=O) groups is 2. The fourth-order valence-corrected chi connectivity index (χ4v) is 4.82. The maximum absolute atomic E-state index is 14.0. The highest BCUT2D eigenvalue weighted by molar-refractivity contribution is 6.03. The van der Waals surface area contributed by atoms with Crippen molar-refractivity contribution in [3.05, 3.63) is 65.7 Å². The molecule has 0 radical (unpaired) electrons. The van der Waals surface area contributed by atoms with Crippen molar-refractivity contribution in [3.8, 4) is 17.1 Å². The highest BCUT2D eigenvalue weighted by Gasteiger charge is 2.33. The summed E-state index contributed by atoms with van der Waals surface area (Å²) in [6.07, 6.45) is 1.19. The molecule has 10 nitrogen and oxygen atoms in total. The second-order valence-corrected chi connectivity index (χ2v) is 9.05. The van der Waals surface area contributed by atoms with Crippen LogP contribution in [0.3, 0.4) is 0 Å². The third-order valence-corrected chi connectivity index (χ3v) is 6.94. The quantitative estimate of drug-likeness (QED) is 0.357. The van der Waals surface area contributed by atoms with E-state index in [9.17, 15) is 9.59 Å². The molecule has 1 aromatic heterocycles. The number of rotatable bonds is 7. The zero-order chi connectivity index (χ0) is 25.9. The van der Waals surface area contributed by atoms with Gasteiger partial charge < -0.3 is 20.3 Å². The standard InChI is InChI=1S/C27H29N7O3/c1-16(28-2)26(35)29-22-13-11-17-7-4-5-10-23(17)34(27(22)36)15-21-18-8-6-9-20(25-30-32-33-31-25)19(18)12-14-24(21)37-3/h4-10,12,14,16,22,28H,11,13,15H2,1-3H3,(H,29,35)(H,30,31,32,33). The van der Waals surface area contributed by atoms with Crippen molar-refractivity contribution in [1.82, 2.24) is 31.3 Å². The molecule has 4 aromatic rings. The lowest BCUT2D eigenvalue weighted by atomic mass is 9.98. The van der Waals surface area contributed by atoms with Gasteiger partial charge in [0.25, 0.3) is 0 Å². The van der Waals surface area contributed by atoms with Gasteiger partial charge in [-0.25, -0.2) is 0 Å². The molecule has 2 atom stereocenters. The molecular formula is C27H29N7O3. The van der Waals surface area contributed by atoms with E-state index in [0.29, 0.717) is 24.4 Å². The third kappa shape index (κ3) is 4.63. The molecule has 0 bridgehead atoms. The number of aromatic amines is 1. The Morgan fingerprint density at radius 3 is 2.76 bits per heavy atom. The van der Waals surface area contributed by atoms with Crippen LogP contribution in [0.4, 0.5) is 5.69 Å². The number of carbonyl (C=O) groups excluding carboxylic acids is 2. The number of benzene rings is 3. The highest BCUT2D eigenvalue weighted by Crippen LogP contribution is 2.36. The monoisotopic (exact) mass is 499 g/mol. The maximum atomic E-state index is 14.0. The zero-order valence-corrected chi connectivity index (χ0v) is 21.0. The Hall–Kier alpha value is -4.31. The number of tetrazole rings is 1. The Morgan fingerprint density at radius 1 is 1.16 bits per heavy atom. The number of H-pyrrole nitrogens is 1. The van der Waals surface area contributed by atoms with Gasteiger partial charge in [-0.3, -0.25) is 9.59 Å². The van der Waals surface area contributed by atoms with Gasteiger partial charge in [0.1, 0.15) is 11.8 Å². The van der Waals surface area contributed by atoms with E-state index < -0.39 is 12.1 Å². The van der Waals surface area contributed by atoms with E-state index in [4.69, 9.17) is 4.74 Å². The zero-order valence-electron chi connectivity index (χ0n) is 21.0. The number of hydrogen-bond donors (Lipinski definition) is 3. The van der Waals surface area contributed by atoms with E-state index in [-0.39, 0.29) is 18.4 Å². The van der Waals surface area contributed by atoms with Crippen LogP contribution in [0.5, 0.6) is 5.75 Å². The number of aryl methyl sites for hydroxylation is 1.